The molecule has 0 amide bonds. The van der Waals surface area contributed by atoms with Gasteiger partial charge in [-0.1, -0.05) is 0 Å². The molecular formula is C9H14O3. The highest BCUT2D eigenvalue weighted by atomic mass is 16.7. The van der Waals surface area contributed by atoms with Crippen molar-refractivity contribution in [1.82, 2.24) is 0 Å². The van der Waals surface area contributed by atoms with E-state index in [9.17, 15) is 4.79 Å². The number of hydrogen-bond donors (Lipinski definition) is 0. The van der Waals surface area contributed by atoms with Crippen LogP contribution in [0.2, 0.25) is 0 Å². The van der Waals surface area contributed by atoms with Crippen LogP contribution in [0.25, 0.3) is 0 Å². The second kappa shape index (κ2) is 2.54. The summed E-state index contributed by atoms with van der Waals surface area (Å²) < 4.78 is 11.0. The average Bonchev–Trinajstić information content (AvgIpc) is 2.27. The molecule has 1 aliphatic carbocycles. The molecule has 0 spiro atoms. The molecule has 2 fully saturated rings. The maximum absolute atomic E-state index is 11.1. The second-order valence-corrected chi connectivity index (χ2v) is 3.98. The largest absolute Gasteiger partial charge is 0.348 e. The fraction of sp³-hybridized carbons (Fsp3) is 0.889. The number of carbonyl (C=O) groups is 1. The van der Waals surface area contributed by atoms with E-state index in [4.69, 9.17) is 9.47 Å². The Labute approximate surface area is 72.0 Å². The molecule has 0 radical (unpaired) electrons. The molecule has 3 heteroatoms. The highest BCUT2D eigenvalue weighted by molar-refractivity contribution is 5.86. The first-order chi connectivity index (χ1) is 5.58. The van der Waals surface area contributed by atoms with Gasteiger partial charge in [0.15, 0.2) is 5.79 Å². The number of ketones is 1. The molecule has 1 aliphatic heterocycles. The molecule has 0 aromatic carbocycles. The molecule has 3 nitrogen and oxygen atoms in total. The van der Waals surface area contributed by atoms with Gasteiger partial charge < -0.3 is 9.47 Å². The molecule has 0 aromatic heterocycles. The van der Waals surface area contributed by atoms with Crippen molar-refractivity contribution >= 4 is 5.78 Å². The van der Waals surface area contributed by atoms with Crippen molar-refractivity contribution in [3.05, 3.63) is 0 Å². The van der Waals surface area contributed by atoms with Crippen LogP contribution >= 0.6 is 0 Å². The van der Waals surface area contributed by atoms with E-state index in [1.54, 1.807) is 0 Å². The smallest absolute Gasteiger partial charge is 0.163 e. The third-order valence-electron chi connectivity index (χ3n) is 2.59. The van der Waals surface area contributed by atoms with Gasteiger partial charge in [0.25, 0.3) is 0 Å². The summed E-state index contributed by atoms with van der Waals surface area (Å²) in [5.74, 6) is -0.0337. The van der Waals surface area contributed by atoms with Crippen LogP contribution in [0.5, 0.6) is 0 Å². The molecular weight excluding hydrogens is 156 g/mol. The van der Waals surface area contributed by atoms with E-state index in [0.717, 1.165) is 12.8 Å². The van der Waals surface area contributed by atoms with Crippen LogP contribution in [0.1, 0.15) is 26.7 Å². The monoisotopic (exact) mass is 170 g/mol. The topological polar surface area (TPSA) is 35.5 Å². The predicted octanol–water partition coefficient (Wildman–Crippen LogP) is 1.12. The van der Waals surface area contributed by atoms with Crippen molar-refractivity contribution in [2.45, 2.75) is 38.6 Å². The number of carbonyl (C=O) groups excluding carboxylic acids is 1. The Morgan fingerprint density at radius 1 is 1.50 bits per heavy atom. The lowest BCUT2D eigenvalue weighted by Gasteiger charge is -2.29. The van der Waals surface area contributed by atoms with E-state index < -0.39 is 5.79 Å². The van der Waals surface area contributed by atoms with Crippen LogP contribution in [0.4, 0.5) is 0 Å². The molecule has 0 bridgehead atoms. The summed E-state index contributed by atoms with van der Waals surface area (Å²) >= 11 is 0. The van der Waals surface area contributed by atoms with Gasteiger partial charge in [0.1, 0.15) is 5.78 Å². The number of hydrogen-bond acceptors (Lipinski definition) is 3. The molecule has 12 heavy (non-hydrogen) atoms. The lowest BCUT2D eigenvalue weighted by atomic mass is 9.80. The van der Waals surface area contributed by atoms with Gasteiger partial charge >= 0.3 is 0 Å². The molecule has 2 aliphatic rings. The maximum atomic E-state index is 11.1. The van der Waals surface area contributed by atoms with Crippen LogP contribution in [-0.4, -0.2) is 24.3 Å². The van der Waals surface area contributed by atoms with Gasteiger partial charge in [-0.25, -0.2) is 0 Å². The van der Waals surface area contributed by atoms with E-state index in [-0.39, 0.29) is 12.0 Å². The van der Waals surface area contributed by atoms with Gasteiger partial charge in [-0.05, 0) is 20.3 Å². The minimum Gasteiger partial charge on any atom is -0.348 e. The van der Waals surface area contributed by atoms with Crippen molar-refractivity contribution in [2.24, 2.45) is 5.92 Å². The van der Waals surface area contributed by atoms with E-state index in [1.807, 2.05) is 13.8 Å². The normalized spacial score (nSPS) is 39.7. The van der Waals surface area contributed by atoms with Gasteiger partial charge in [0.2, 0.25) is 0 Å². The van der Waals surface area contributed by atoms with Crippen LogP contribution in [0.3, 0.4) is 0 Å². The standard InChI is InChI=1S/C9H14O3/c1-9(2)11-5-8(12-9)6-3-4-7(6)10/h6,8H,3-5H2,1-2H3/t6-,8+/m1/s1. The fourth-order valence-electron chi connectivity index (χ4n) is 1.74. The number of rotatable bonds is 1. The third-order valence-corrected chi connectivity index (χ3v) is 2.59. The lowest BCUT2D eigenvalue weighted by Crippen LogP contribution is -2.38. The van der Waals surface area contributed by atoms with Crippen LogP contribution in [0.15, 0.2) is 0 Å². The highest BCUT2D eigenvalue weighted by Crippen LogP contribution is 2.34. The van der Waals surface area contributed by atoms with Crippen LogP contribution < -0.4 is 0 Å². The molecule has 2 atom stereocenters. The van der Waals surface area contributed by atoms with E-state index in [1.165, 1.54) is 0 Å². The Hall–Kier alpha value is -0.410. The maximum Gasteiger partial charge on any atom is 0.163 e. The average molecular weight is 170 g/mol. The molecule has 1 heterocycles. The quantitative estimate of drug-likeness (QED) is 0.591. The predicted molar refractivity (Wildman–Crippen MR) is 42.6 cm³/mol. The van der Waals surface area contributed by atoms with E-state index in [0.29, 0.717) is 12.4 Å². The summed E-state index contributed by atoms with van der Waals surface area (Å²) in [6.07, 6.45) is 1.72. The summed E-state index contributed by atoms with van der Waals surface area (Å²) in [6, 6.07) is 0. The first-order valence-corrected chi connectivity index (χ1v) is 4.43. The Morgan fingerprint density at radius 3 is 2.58 bits per heavy atom. The zero-order valence-electron chi connectivity index (χ0n) is 7.50. The SMILES string of the molecule is CC1(C)OC[C@@H]([C@@H]2CCC2=O)O1. The Morgan fingerprint density at radius 2 is 2.25 bits per heavy atom. The molecule has 68 valence electrons. The summed E-state index contributed by atoms with van der Waals surface area (Å²) in [6.45, 7) is 4.34. The van der Waals surface area contributed by atoms with Gasteiger partial charge in [0, 0.05) is 12.3 Å². The van der Waals surface area contributed by atoms with E-state index >= 15 is 0 Å². The molecule has 1 saturated heterocycles. The lowest BCUT2D eigenvalue weighted by molar-refractivity contribution is -0.155. The highest BCUT2D eigenvalue weighted by Gasteiger charge is 2.43. The zero-order valence-corrected chi connectivity index (χ0v) is 7.50. The second-order valence-electron chi connectivity index (χ2n) is 3.98. The Balaban J connectivity index is 1.95. The van der Waals surface area contributed by atoms with Crippen LogP contribution in [-0.2, 0) is 14.3 Å². The number of Topliss-reactive ketones (excluding diaryl/α,β-unsaturated/α-hetero) is 1. The van der Waals surface area contributed by atoms with Gasteiger partial charge in [-0.2, -0.15) is 0 Å². The van der Waals surface area contributed by atoms with Crippen molar-refractivity contribution in [2.75, 3.05) is 6.61 Å². The first kappa shape index (κ1) is 8.20. The Bertz CT molecular complexity index is 210. The van der Waals surface area contributed by atoms with Crippen LogP contribution in [0, 0.1) is 5.92 Å². The van der Waals surface area contributed by atoms with Crippen molar-refractivity contribution in [1.29, 1.82) is 0 Å². The molecule has 0 N–H and O–H groups in total. The molecule has 0 unspecified atom stereocenters. The zero-order chi connectivity index (χ0) is 8.77. The van der Waals surface area contributed by atoms with Gasteiger partial charge in [0.05, 0.1) is 12.7 Å². The number of ether oxygens (including phenoxy) is 2. The fourth-order valence-corrected chi connectivity index (χ4v) is 1.74. The summed E-state index contributed by atoms with van der Waals surface area (Å²) in [5, 5.41) is 0. The first-order valence-electron chi connectivity index (χ1n) is 4.43. The van der Waals surface area contributed by atoms with Crippen molar-refractivity contribution in [3.63, 3.8) is 0 Å². The molecule has 2 rings (SSSR count). The third kappa shape index (κ3) is 1.27. The summed E-state index contributed by atoms with van der Waals surface area (Å²) in [4.78, 5) is 11.1. The van der Waals surface area contributed by atoms with Gasteiger partial charge in [-0.15, -0.1) is 0 Å². The summed E-state index contributed by atoms with van der Waals surface area (Å²) in [7, 11) is 0. The van der Waals surface area contributed by atoms with E-state index in [2.05, 4.69) is 0 Å². The summed E-state index contributed by atoms with van der Waals surface area (Å²) in [5.41, 5.74) is 0. The van der Waals surface area contributed by atoms with Crippen molar-refractivity contribution in [3.8, 4) is 0 Å². The minimum absolute atomic E-state index is 0.0150. The molecule has 0 aromatic rings. The minimum atomic E-state index is -0.486. The van der Waals surface area contributed by atoms with Gasteiger partial charge in [-0.3, -0.25) is 4.79 Å². The molecule has 1 saturated carbocycles. The Kier molecular flexibility index (Phi) is 1.73. The van der Waals surface area contributed by atoms with Crippen molar-refractivity contribution < 1.29 is 14.3 Å².